The molecule has 0 aliphatic carbocycles. The molecule has 10 heteroatoms. The smallest absolute Gasteiger partial charge is 0.327 e. The molecule has 0 aliphatic rings. The van der Waals surface area contributed by atoms with E-state index in [1.54, 1.807) is 6.92 Å². The van der Waals surface area contributed by atoms with Crippen LogP contribution in [0.15, 0.2) is 0 Å². The molecule has 21 heavy (non-hydrogen) atoms. The molecule has 0 amide bonds. The largest absolute Gasteiger partial charge is 0.481 e. The van der Waals surface area contributed by atoms with Gasteiger partial charge in [-0.05, 0) is 6.42 Å². The molecule has 1 atom stereocenters. The Bertz CT molecular complexity index is 468. The summed E-state index contributed by atoms with van der Waals surface area (Å²) in [6, 6.07) is 0. The van der Waals surface area contributed by atoms with Crippen molar-refractivity contribution in [3.8, 4) is 0 Å². The number of carboxylic acid groups (broad SMARTS) is 1. The first-order chi connectivity index (χ1) is 9.68. The number of hydrogen-bond acceptors (Lipinski definition) is 7. The fraction of sp³-hybridized carbons (Fsp3) is 0.727. The average Bonchev–Trinajstić information content (AvgIpc) is 2.34. The van der Waals surface area contributed by atoms with Crippen molar-refractivity contribution >= 4 is 28.0 Å². The van der Waals surface area contributed by atoms with Crippen molar-refractivity contribution in [2.45, 2.75) is 37.9 Å². The second-order valence-corrected chi connectivity index (χ2v) is 5.69. The number of carbonyl (C=O) groups excluding carboxylic acids is 2. The fourth-order valence-corrected chi connectivity index (χ4v) is 1.92. The van der Waals surface area contributed by atoms with Gasteiger partial charge in [0.1, 0.15) is 0 Å². The molecular weight excluding hydrogens is 308 g/mol. The molecule has 1 unspecified atom stereocenters. The second kappa shape index (κ2) is 9.29. The van der Waals surface area contributed by atoms with Gasteiger partial charge in [-0.3, -0.25) is 18.9 Å². The zero-order valence-corrected chi connectivity index (χ0v) is 12.3. The summed E-state index contributed by atoms with van der Waals surface area (Å²) in [4.78, 5) is 32.8. The minimum atomic E-state index is -4.86. The van der Waals surface area contributed by atoms with Crippen LogP contribution in [0.4, 0.5) is 0 Å². The maximum Gasteiger partial charge on any atom is 0.327 e. The number of rotatable bonds is 10. The molecule has 0 radical (unpaired) electrons. The van der Waals surface area contributed by atoms with E-state index in [-0.39, 0.29) is 26.1 Å². The minimum absolute atomic E-state index is 0.0123. The average molecular weight is 326 g/mol. The number of carbonyl (C=O) groups is 3. The van der Waals surface area contributed by atoms with E-state index in [1.807, 2.05) is 0 Å². The molecule has 0 saturated carbocycles. The van der Waals surface area contributed by atoms with Gasteiger partial charge < -0.3 is 14.6 Å². The molecule has 0 aromatic carbocycles. The van der Waals surface area contributed by atoms with Crippen LogP contribution in [0, 0.1) is 0 Å². The minimum Gasteiger partial charge on any atom is -0.481 e. The van der Waals surface area contributed by atoms with Gasteiger partial charge in [0, 0.05) is 12.8 Å². The summed E-state index contributed by atoms with van der Waals surface area (Å²) in [5, 5.41) is 6.31. The first-order valence-corrected chi connectivity index (χ1v) is 7.69. The topological polar surface area (TPSA) is 144 Å². The highest BCUT2D eigenvalue weighted by Crippen LogP contribution is 2.07. The number of carboxylic acids is 1. The summed E-state index contributed by atoms with van der Waals surface area (Å²) in [5.41, 5.74) is 0. The lowest BCUT2D eigenvalue weighted by Gasteiger charge is -2.11. The van der Waals surface area contributed by atoms with Crippen molar-refractivity contribution in [1.82, 2.24) is 0 Å². The van der Waals surface area contributed by atoms with Crippen molar-refractivity contribution in [3.05, 3.63) is 0 Å². The second-order valence-electron chi connectivity index (χ2n) is 4.09. The van der Waals surface area contributed by atoms with E-state index >= 15 is 0 Å². The Kier molecular flexibility index (Phi) is 8.55. The molecule has 9 nitrogen and oxygen atoms in total. The third kappa shape index (κ3) is 8.97. The van der Waals surface area contributed by atoms with Crippen LogP contribution in [0.5, 0.6) is 0 Å². The van der Waals surface area contributed by atoms with Crippen LogP contribution in [0.1, 0.15) is 32.6 Å². The van der Waals surface area contributed by atoms with Gasteiger partial charge in [0.05, 0.1) is 19.6 Å². The monoisotopic (exact) mass is 326 g/mol. The first-order valence-electron chi connectivity index (χ1n) is 6.18. The molecule has 0 heterocycles. The standard InChI is InChI=1S/C11H18O9S/c1-2-4-10(14)19-5-3-6-20-11(15)8(7-9(12)13)21(16,17)18/h8H,2-7H2,1H3,(H,12,13)(H,16,17,18). The Hall–Kier alpha value is -1.68. The third-order valence-electron chi connectivity index (χ3n) is 2.23. The van der Waals surface area contributed by atoms with Gasteiger partial charge >= 0.3 is 17.9 Å². The van der Waals surface area contributed by atoms with Gasteiger partial charge in [-0.25, -0.2) is 0 Å². The Balaban J connectivity index is 4.16. The van der Waals surface area contributed by atoms with Crippen LogP contribution < -0.4 is 0 Å². The molecule has 0 aliphatic heterocycles. The summed E-state index contributed by atoms with van der Waals surface area (Å²) >= 11 is 0. The predicted molar refractivity (Wildman–Crippen MR) is 69.0 cm³/mol. The Morgan fingerprint density at radius 2 is 1.71 bits per heavy atom. The van der Waals surface area contributed by atoms with Crippen LogP contribution in [0.3, 0.4) is 0 Å². The van der Waals surface area contributed by atoms with Gasteiger partial charge in [0.25, 0.3) is 10.1 Å². The number of hydrogen-bond donors (Lipinski definition) is 2. The summed E-state index contributed by atoms with van der Waals surface area (Å²) < 4.78 is 39.8. The molecule has 0 spiro atoms. The van der Waals surface area contributed by atoms with Crippen LogP contribution in [-0.2, 0) is 34.0 Å². The van der Waals surface area contributed by atoms with E-state index in [0.29, 0.717) is 6.42 Å². The molecule has 0 saturated heterocycles. The Morgan fingerprint density at radius 1 is 1.14 bits per heavy atom. The van der Waals surface area contributed by atoms with Crippen LogP contribution in [0.25, 0.3) is 0 Å². The summed E-state index contributed by atoms with van der Waals surface area (Å²) in [7, 11) is -4.86. The van der Waals surface area contributed by atoms with E-state index in [2.05, 4.69) is 4.74 Å². The summed E-state index contributed by atoms with van der Waals surface area (Å²) in [6.45, 7) is 1.53. The zero-order chi connectivity index (χ0) is 16.5. The van der Waals surface area contributed by atoms with E-state index < -0.39 is 39.7 Å². The molecule has 122 valence electrons. The lowest BCUT2D eigenvalue weighted by Crippen LogP contribution is -2.34. The molecule has 0 fully saturated rings. The van der Waals surface area contributed by atoms with Crippen LogP contribution in [-0.4, -0.2) is 54.4 Å². The maximum absolute atomic E-state index is 11.4. The molecular formula is C11H18O9S. The lowest BCUT2D eigenvalue weighted by molar-refractivity contribution is -0.148. The number of esters is 2. The Labute approximate surface area is 122 Å². The lowest BCUT2D eigenvalue weighted by atomic mass is 10.3. The van der Waals surface area contributed by atoms with Crippen LogP contribution in [0.2, 0.25) is 0 Å². The van der Waals surface area contributed by atoms with Crippen molar-refractivity contribution in [1.29, 1.82) is 0 Å². The van der Waals surface area contributed by atoms with Crippen molar-refractivity contribution in [2.75, 3.05) is 13.2 Å². The quantitative estimate of drug-likeness (QED) is 0.322. The van der Waals surface area contributed by atoms with Gasteiger partial charge in [-0.1, -0.05) is 6.92 Å². The van der Waals surface area contributed by atoms with E-state index in [9.17, 15) is 22.8 Å². The highest BCUT2D eigenvalue weighted by atomic mass is 32.2. The number of aliphatic carboxylic acids is 1. The van der Waals surface area contributed by atoms with Gasteiger partial charge in [0.15, 0.2) is 5.25 Å². The Morgan fingerprint density at radius 3 is 2.19 bits per heavy atom. The molecule has 2 N–H and O–H groups in total. The highest BCUT2D eigenvalue weighted by molar-refractivity contribution is 7.87. The molecule has 0 aromatic rings. The van der Waals surface area contributed by atoms with E-state index in [4.69, 9.17) is 14.4 Å². The van der Waals surface area contributed by atoms with Gasteiger partial charge in [0.2, 0.25) is 0 Å². The highest BCUT2D eigenvalue weighted by Gasteiger charge is 2.34. The van der Waals surface area contributed by atoms with E-state index in [0.717, 1.165) is 0 Å². The maximum atomic E-state index is 11.4. The third-order valence-corrected chi connectivity index (χ3v) is 3.31. The molecule has 0 bridgehead atoms. The van der Waals surface area contributed by atoms with Gasteiger partial charge in [-0.2, -0.15) is 8.42 Å². The zero-order valence-electron chi connectivity index (χ0n) is 11.5. The number of ether oxygens (including phenoxy) is 2. The summed E-state index contributed by atoms with van der Waals surface area (Å²) in [5.74, 6) is -3.33. The summed E-state index contributed by atoms with van der Waals surface area (Å²) in [6.07, 6.45) is -0.0576. The van der Waals surface area contributed by atoms with E-state index in [1.165, 1.54) is 0 Å². The first kappa shape index (κ1) is 19.3. The molecule has 0 aromatic heterocycles. The predicted octanol–water partition coefficient (Wildman–Crippen LogP) is -0.00590. The normalized spacial score (nSPS) is 12.5. The molecule has 0 rings (SSSR count). The van der Waals surface area contributed by atoms with Crippen molar-refractivity contribution in [3.63, 3.8) is 0 Å². The SMILES string of the molecule is CCCC(=O)OCCCOC(=O)C(CC(=O)O)S(=O)(=O)O. The van der Waals surface area contributed by atoms with Crippen molar-refractivity contribution < 1.29 is 41.9 Å². The van der Waals surface area contributed by atoms with Crippen LogP contribution >= 0.6 is 0 Å². The van der Waals surface area contributed by atoms with Crippen molar-refractivity contribution in [2.24, 2.45) is 0 Å². The fourth-order valence-electron chi connectivity index (χ4n) is 1.26. The van der Waals surface area contributed by atoms with Gasteiger partial charge in [-0.15, -0.1) is 0 Å².